The number of nitrogens with one attached hydrogen (secondary N) is 1. The largest absolute Gasteiger partial charge is 0.481 e. The summed E-state index contributed by atoms with van der Waals surface area (Å²) >= 11 is 1.53. The van der Waals surface area contributed by atoms with Crippen LogP contribution >= 0.6 is 11.8 Å². The molecule has 0 fully saturated rings. The average molecular weight is 340 g/mol. The number of rotatable bonds is 6. The Morgan fingerprint density at radius 2 is 1.61 bits per heavy atom. The standard InChI is InChI=1S/C16H28N4O2S/c1-15(2,3)11(10-17-20-16(4,5)6)23-14-18-12(21-7)9-13(19-14)22-8/h9-11,20H,1-8H3/b17-10+. The molecule has 1 aromatic rings. The first-order valence-corrected chi connectivity index (χ1v) is 8.37. The molecule has 0 bridgehead atoms. The van der Waals surface area contributed by atoms with Crippen LogP contribution in [0.3, 0.4) is 0 Å². The highest BCUT2D eigenvalue weighted by atomic mass is 32.2. The van der Waals surface area contributed by atoms with E-state index < -0.39 is 0 Å². The zero-order valence-electron chi connectivity index (χ0n) is 15.3. The van der Waals surface area contributed by atoms with Gasteiger partial charge in [0.25, 0.3) is 0 Å². The molecule has 7 heteroatoms. The van der Waals surface area contributed by atoms with E-state index in [1.54, 1.807) is 20.3 Å². The Labute approximate surface area is 143 Å². The maximum atomic E-state index is 5.20. The van der Waals surface area contributed by atoms with Crippen molar-refractivity contribution in [1.82, 2.24) is 15.4 Å². The highest BCUT2D eigenvalue weighted by Crippen LogP contribution is 2.34. The lowest BCUT2D eigenvalue weighted by molar-refractivity contribution is 0.364. The summed E-state index contributed by atoms with van der Waals surface area (Å²) in [6.45, 7) is 12.7. The third kappa shape index (κ3) is 7.07. The van der Waals surface area contributed by atoms with Gasteiger partial charge in [0.05, 0.1) is 25.5 Å². The molecular weight excluding hydrogens is 312 g/mol. The first-order chi connectivity index (χ1) is 10.5. The molecule has 1 rings (SSSR count). The van der Waals surface area contributed by atoms with Crippen LogP contribution in [-0.2, 0) is 0 Å². The zero-order chi connectivity index (χ0) is 17.7. The van der Waals surface area contributed by atoms with Crippen molar-refractivity contribution in [3.05, 3.63) is 6.07 Å². The molecule has 0 aliphatic rings. The van der Waals surface area contributed by atoms with Gasteiger partial charge in [-0.15, -0.1) is 0 Å². The van der Waals surface area contributed by atoms with Crippen molar-refractivity contribution in [2.45, 2.75) is 57.5 Å². The van der Waals surface area contributed by atoms with Crippen LogP contribution in [0.5, 0.6) is 11.8 Å². The van der Waals surface area contributed by atoms with Gasteiger partial charge in [0.1, 0.15) is 0 Å². The van der Waals surface area contributed by atoms with Crippen LogP contribution < -0.4 is 14.9 Å². The van der Waals surface area contributed by atoms with Gasteiger partial charge in [-0.2, -0.15) is 15.1 Å². The Hall–Kier alpha value is -1.50. The van der Waals surface area contributed by atoms with E-state index >= 15 is 0 Å². The van der Waals surface area contributed by atoms with Crippen molar-refractivity contribution in [2.75, 3.05) is 14.2 Å². The highest BCUT2D eigenvalue weighted by Gasteiger charge is 2.26. The van der Waals surface area contributed by atoms with Gasteiger partial charge in [-0.05, 0) is 26.2 Å². The van der Waals surface area contributed by atoms with E-state index in [4.69, 9.17) is 9.47 Å². The van der Waals surface area contributed by atoms with Crippen LogP contribution in [0, 0.1) is 5.41 Å². The second kappa shape index (κ2) is 7.86. The Balaban J connectivity index is 2.98. The number of aromatic nitrogens is 2. The second-order valence-electron chi connectivity index (χ2n) is 7.28. The number of hydrogen-bond acceptors (Lipinski definition) is 7. The van der Waals surface area contributed by atoms with Crippen LogP contribution in [0.1, 0.15) is 41.5 Å². The fraction of sp³-hybridized carbons (Fsp3) is 0.688. The van der Waals surface area contributed by atoms with E-state index in [0.717, 1.165) is 0 Å². The molecule has 0 saturated carbocycles. The molecular formula is C16H28N4O2S. The summed E-state index contributed by atoms with van der Waals surface area (Å²) in [6, 6.07) is 1.66. The summed E-state index contributed by atoms with van der Waals surface area (Å²) in [4.78, 5) is 8.76. The van der Waals surface area contributed by atoms with Gasteiger partial charge in [-0.25, -0.2) is 0 Å². The quantitative estimate of drug-likeness (QED) is 0.371. The van der Waals surface area contributed by atoms with Crippen molar-refractivity contribution in [3.8, 4) is 11.8 Å². The predicted octanol–water partition coefficient (Wildman–Crippen LogP) is 3.37. The minimum Gasteiger partial charge on any atom is -0.481 e. The number of ether oxygens (including phenoxy) is 2. The summed E-state index contributed by atoms with van der Waals surface area (Å²) in [5, 5.41) is 5.07. The first kappa shape index (κ1) is 19.5. The molecule has 1 N–H and O–H groups in total. The van der Waals surface area contributed by atoms with Crippen LogP contribution in [0.4, 0.5) is 0 Å². The van der Waals surface area contributed by atoms with Gasteiger partial charge in [0, 0.05) is 11.8 Å². The van der Waals surface area contributed by atoms with Crippen molar-refractivity contribution < 1.29 is 9.47 Å². The third-order valence-electron chi connectivity index (χ3n) is 2.77. The highest BCUT2D eigenvalue weighted by molar-refractivity contribution is 8.00. The van der Waals surface area contributed by atoms with Crippen molar-refractivity contribution in [2.24, 2.45) is 10.5 Å². The molecule has 6 nitrogen and oxygen atoms in total. The number of hydrazone groups is 1. The monoisotopic (exact) mass is 340 g/mol. The minimum absolute atomic E-state index is 0.00655. The van der Waals surface area contributed by atoms with Crippen LogP contribution in [-0.4, -0.2) is 41.2 Å². The molecule has 23 heavy (non-hydrogen) atoms. The molecule has 1 atom stereocenters. The van der Waals surface area contributed by atoms with Crippen LogP contribution in [0.2, 0.25) is 0 Å². The maximum absolute atomic E-state index is 5.20. The van der Waals surface area contributed by atoms with Gasteiger partial charge in [0.15, 0.2) is 5.16 Å². The Morgan fingerprint density at radius 3 is 2.00 bits per heavy atom. The Morgan fingerprint density at radius 1 is 1.09 bits per heavy atom. The van der Waals surface area contributed by atoms with Crippen molar-refractivity contribution >= 4 is 18.0 Å². The summed E-state index contributed by atoms with van der Waals surface area (Å²) in [5.41, 5.74) is 3.04. The molecule has 0 aliphatic heterocycles. The Bertz CT molecular complexity index is 514. The van der Waals surface area contributed by atoms with E-state index in [9.17, 15) is 0 Å². The molecule has 1 unspecified atom stereocenters. The molecule has 1 heterocycles. The summed E-state index contributed by atoms with van der Waals surface area (Å²) in [7, 11) is 3.15. The molecule has 0 spiro atoms. The molecule has 1 aromatic heterocycles. The van der Waals surface area contributed by atoms with Crippen LogP contribution in [0.15, 0.2) is 16.3 Å². The number of hydrogen-bond donors (Lipinski definition) is 1. The second-order valence-corrected chi connectivity index (χ2v) is 8.39. The first-order valence-electron chi connectivity index (χ1n) is 7.49. The molecule has 0 amide bonds. The summed E-state index contributed by atoms with van der Waals surface area (Å²) < 4.78 is 10.4. The number of thioether (sulfide) groups is 1. The smallest absolute Gasteiger partial charge is 0.220 e. The molecule has 130 valence electrons. The summed E-state index contributed by atoms with van der Waals surface area (Å²) in [5.74, 6) is 0.966. The fourth-order valence-electron chi connectivity index (χ4n) is 1.49. The molecule has 0 radical (unpaired) electrons. The lowest BCUT2D eigenvalue weighted by Gasteiger charge is -2.27. The van der Waals surface area contributed by atoms with E-state index in [1.165, 1.54) is 11.8 Å². The third-order valence-corrected chi connectivity index (χ3v) is 4.25. The molecule has 0 saturated heterocycles. The predicted molar refractivity (Wildman–Crippen MR) is 95.6 cm³/mol. The zero-order valence-corrected chi connectivity index (χ0v) is 16.1. The number of methoxy groups -OCH3 is 2. The SMILES string of the molecule is COc1cc(OC)nc(SC(/C=N/NC(C)(C)C)C(C)(C)C)n1. The Kier molecular flexibility index (Phi) is 6.68. The van der Waals surface area contributed by atoms with Gasteiger partial charge in [-0.3, -0.25) is 0 Å². The normalized spacial score (nSPS) is 13.9. The van der Waals surface area contributed by atoms with Gasteiger partial charge in [0.2, 0.25) is 11.8 Å². The minimum atomic E-state index is -0.0702. The van der Waals surface area contributed by atoms with E-state index in [2.05, 4.69) is 62.0 Å². The van der Waals surface area contributed by atoms with E-state index in [-0.39, 0.29) is 16.2 Å². The van der Waals surface area contributed by atoms with Crippen LogP contribution in [0.25, 0.3) is 0 Å². The molecule has 0 aliphatic carbocycles. The molecule has 0 aromatic carbocycles. The lowest BCUT2D eigenvalue weighted by Crippen LogP contribution is -2.33. The van der Waals surface area contributed by atoms with Gasteiger partial charge in [-0.1, -0.05) is 32.5 Å². The lowest BCUT2D eigenvalue weighted by atomic mass is 9.92. The van der Waals surface area contributed by atoms with Gasteiger partial charge >= 0.3 is 0 Å². The van der Waals surface area contributed by atoms with E-state index in [0.29, 0.717) is 16.9 Å². The topological polar surface area (TPSA) is 68.6 Å². The van der Waals surface area contributed by atoms with Crippen molar-refractivity contribution in [1.29, 1.82) is 0 Å². The van der Waals surface area contributed by atoms with E-state index in [1.807, 2.05) is 6.21 Å². The van der Waals surface area contributed by atoms with Crippen molar-refractivity contribution in [3.63, 3.8) is 0 Å². The van der Waals surface area contributed by atoms with Gasteiger partial charge < -0.3 is 14.9 Å². The number of nitrogens with zero attached hydrogens (tertiary/aromatic N) is 3. The maximum Gasteiger partial charge on any atom is 0.220 e. The summed E-state index contributed by atoms with van der Waals surface area (Å²) in [6.07, 6.45) is 1.91. The average Bonchev–Trinajstić information content (AvgIpc) is 2.43. The fourth-order valence-corrected chi connectivity index (χ4v) is 2.48.